The van der Waals surface area contributed by atoms with Crippen molar-refractivity contribution in [2.75, 3.05) is 11.9 Å². The molecule has 0 atom stereocenters. The lowest BCUT2D eigenvalue weighted by molar-refractivity contribution is -0.123. The summed E-state index contributed by atoms with van der Waals surface area (Å²) in [6, 6.07) is 10.5. The second-order valence-electron chi connectivity index (χ2n) is 5.17. The molecule has 2 amide bonds. The highest BCUT2D eigenvalue weighted by Gasteiger charge is 2.12. The number of anilines is 1. The summed E-state index contributed by atoms with van der Waals surface area (Å²) in [7, 11) is 0. The first kappa shape index (κ1) is 18.8. The van der Waals surface area contributed by atoms with Crippen LogP contribution in [0.5, 0.6) is 0 Å². The maximum Gasteiger partial charge on any atom is 0.243 e. The lowest BCUT2D eigenvalue weighted by atomic mass is 10.1. The smallest absolute Gasteiger partial charge is 0.243 e. The minimum atomic E-state index is -0.327. The Bertz CT molecular complexity index is 761. The first-order chi connectivity index (χ1) is 11.4. The maximum absolute atomic E-state index is 12.0. The monoisotopic (exact) mass is 428 g/mol. The van der Waals surface area contributed by atoms with Gasteiger partial charge in [0.25, 0.3) is 0 Å². The number of halogens is 3. The highest BCUT2D eigenvalue weighted by molar-refractivity contribution is 9.10. The van der Waals surface area contributed by atoms with Crippen LogP contribution < -0.4 is 10.6 Å². The Morgan fingerprint density at radius 2 is 1.75 bits per heavy atom. The van der Waals surface area contributed by atoms with Crippen LogP contribution in [0, 0.1) is 6.92 Å². The zero-order valence-electron chi connectivity index (χ0n) is 12.8. The summed E-state index contributed by atoms with van der Waals surface area (Å²) >= 11 is 15.4. The van der Waals surface area contributed by atoms with Gasteiger partial charge in [0, 0.05) is 20.2 Å². The molecule has 0 radical (unpaired) electrons. The molecule has 0 aliphatic carbocycles. The van der Waals surface area contributed by atoms with Crippen molar-refractivity contribution in [3.8, 4) is 0 Å². The summed E-state index contributed by atoms with van der Waals surface area (Å²) in [6.45, 7) is 1.80. The molecule has 0 unspecified atom stereocenters. The van der Waals surface area contributed by atoms with E-state index in [9.17, 15) is 9.59 Å². The lowest BCUT2D eigenvalue weighted by Gasteiger charge is -2.09. The van der Waals surface area contributed by atoms with E-state index in [1.54, 1.807) is 24.3 Å². The number of hydrogen-bond acceptors (Lipinski definition) is 2. The predicted octanol–water partition coefficient (Wildman–Crippen LogP) is 4.36. The van der Waals surface area contributed by atoms with Gasteiger partial charge in [0.1, 0.15) is 0 Å². The Labute approximate surface area is 158 Å². The number of nitrogens with one attached hydrogen (secondary N) is 2. The summed E-state index contributed by atoms with van der Waals surface area (Å²) < 4.78 is 0.963. The van der Waals surface area contributed by atoms with E-state index in [4.69, 9.17) is 23.2 Å². The van der Waals surface area contributed by atoms with Crippen LogP contribution in [0.25, 0.3) is 0 Å². The molecular weight excluding hydrogens is 415 g/mol. The number of rotatable bonds is 5. The molecular formula is C17H15BrCl2N2O2. The zero-order chi connectivity index (χ0) is 17.7. The molecule has 0 saturated carbocycles. The Hall–Kier alpha value is -1.56. The van der Waals surface area contributed by atoms with Crippen LogP contribution >= 0.6 is 39.1 Å². The third-order valence-corrected chi connectivity index (χ3v) is 4.88. The molecule has 0 bridgehead atoms. The second-order valence-corrected chi connectivity index (χ2v) is 6.83. The number of carbonyl (C=O) groups excluding carboxylic acids is 2. The number of amides is 2. The lowest BCUT2D eigenvalue weighted by Crippen LogP contribution is -2.33. The molecule has 0 aromatic heterocycles. The van der Waals surface area contributed by atoms with Gasteiger partial charge in [0.05, 0.1) is 13.0 Å². The number of carbonyl (C=O) groups is 2. The van der Waals surface area contributed by atoms with E-state index in [0.29, 0.717) is 21.3 Å². The third-order valence-electron chi connectivity index (χ3n) is 3.29. The topological polar surface area (TPSA) is 58.2 Å². The van der Waals surface area contributed by atoms with Crippen molar-refractivity contribution in [1.29, 1.82) is 0 Å². The van der Waals surface area contributed by atoms with Gasteiger partial charge in [-0.2, -0.15) is 0 Å². The van der Waals surface area contributed by atoms with E-state index >= 15 is 0 Å². The maximum atomic E-state index is 12.0. The standard InChI is InChI=1S/C17H15BrCl2N2O2/c1-10-7-11(5-6-13(10)18)22-17(24)9-21-16(23)8-12-14(19)3-2-4-15(12)20/h2-7H,8-9H2,1H3,(H,21,23)(H,22,24). The van der Waals surface area contributed by atoms with Crippen LogP contribution in [-0.2, 0) is 16.0 Å². The van der Waals surface area contributed by atoms with E-state index in [2.05, 4.69) is 26.6 Å². The average Bonchev–Trinajstić information content (AvgIpc) is 2.53. The molecule has 0 spiro atoms. The molecule has 24 heavy (non-hydrogen) atoms. The number of hydrogen-bond donors (Lipinski definition) is 2. The highest BCUT2D eigenvalue weighted by atomic mass is 79.9. The fourth-order valence-electron chi connectivity index (χ4n) is 2.03. The molecule has 2 aromatic carbocycles. The molecule has 2 rings (SSSR count). The number of benzene rings is 2. The van der Waals surface area contributed by atoms with Crippen LogP contribution in [0.1, 0.15) is 11.1 Å². The first-order valence-electron chi connectivity index (χ1n) is 7.12. The van der Waals surface area contributed by atoms with Crippen LogP contribution in [0.2, 0.25) is 10.0 Å². The second kappa shape index (κ2) is 8.51. The number of aryl methyl sites for hydroxylation is 1. The van der Waals surface area contributed by atoms with E-state index in [0.717, 1.165) is 10.0 Å². The summed E-state index contributed by atoms with van der Waals surface area (Å²) in [6.07, 6.45) is 0.0170. The van der Waals surface area contributed by atoms with E-state index < -0.39 is 0 Å². The average molecular weight is 430 g/mol. The van der Waals surface area contributed by atoms with Gasteiger partial charge < -0.3 is 10.6 Å². The van der Waals surface area contributed by atoms with Gasteiger partial charge in [-0.25, -0.2) is 0 Å². The zero-order valence-corrected chi connectivity index (χ0v) is 15.9. The molecule has 2 aromatic rings. The van der Waals surface area contributed by atoms with Crippen molar-refractivity contribution in [3.63, 3.8) is 0 Å². The van der Waals surface area contributed by atoms with Crippen molar-refractivity contribution >= 4 is 56.6 Å². The van der Waals surface area contributed by atoms with Crippen LogP contribution in [-0.4, -0.2) is 18.4 Å². The normalized spacial score (nSPS) is 10.3. The van der Waals surface area contributed by atoms with Gasteiger partial charge >= 0.3 is 0 Å². The minimum absolute atomic E-state index is 0.0170. The molecule has 0 saturated heterocycles. The first-order valence-corrected chi connectivity index (χ1v) is 8.67. The quantitative estimate of drug-likeness (QED) is 0.741. The van der Waals surface area contributed by atoms with Crippen molar-refractivity contribution in [1.82, 2.24) is 5.32 Å². The van der Waals surface area contributed by atoms with Crippen molar-refractivity contribution in [2.45, 2.75) is 13.3 Å². The summed E-state index contributed by atoms with van der Waals surface area (Å²) in [5.41, 5.74) is 2.22. The molecule has 7 heteroatoms. The third kappa shape index (κ3) is 5.23. The van der Waals surface area contributed by atoms with Gasteiger partial charge in [0.15, 0.2) is 0 Å². The molecule has 4 nitrogen and oxygen atoms in total. The fourth-order valence-corrected chi connectivity index (χ4v) is 2.81. The van der Waals surface area contributed by atoms with Gasteiger partial charge in [-0.05, 0) is 48.4 Å². The SMILES string of the molecule is Cc1cc(NC(=O)CNC(=O)Cc2c(Cl)cccc2Cl)ccc1Br. The van der Waals surface area contributed by atoms with Gasteiger partial charge in [0.2, 0.25) is 11.8 Å². The molecule has 0 fully saturated rings. The van der Waals surface area contributed by atoms with Gasteiger partial charge in [-0.3, -0.25) is 9.59 Å². The Balaban J connectivity index is 1.87. The van der Waals surface area contributed by atoms with E-state index in [1.165, 1.54) is 0 Å². The van der Waals surface area contributed by atoms with E-state index in [1.807, 2.05) is 19.1 Å². The molecule has 0 aliphatic heterocycles. The van der Waals surface area contributed by atoms with Crippen molar-refractivity contribution < 1.29 is 9.59 Å². The minimum Gasteiger partial charge on any atom is -0.347 e. The van der Waals surface area contributed by atoms with E-state index in [-0.39, 0.29) is 24.8 Å². The summed E-state index contributed by atoms with van der Waals surface area (Å²) in [5.74, 6) is -0.637. The fraction of sp³-hybridized carbons (Fsp3) is 0.176. The Morgan fingerprint density at radius 3 is 2.38 bits per heavy atom. The predicted molar refractivity (Wildman–Crippen MR) is 101 cm³/mol. The molecule has 2 N–H and O–H groups in total. The van der Waals surface area contributed by atoms with Gasteiger partial charge in [-0.15, -0.1) is 0 Å². The largest absolute Gasteiger partial charge is 0.347 e. The van der Waals surface area contributed by atoms with Crippen molar-refractivity contribution in [2.24, 2.45) is 0 Å². The van der Waals surface area contributed by atoms with Gasteiger partial charge in [-0.1, -0.05) is 45.2 Å². The molecule has 0 aliphatic rings. The Morgan fingerprint density at radius 1 is 1.08 bits per heavy atom. The molecule has 0 heterocycles. The van der Waals surface area contributed by atoms with Crippen LogP contribution in [0.3, 0.4) is 0 Å². The summed E-state index contributed by atoms with van der Waals surface area (Å²) in [5, 5.41) is 6.13. The highest BCUT2D eigenvalue weighted by Crippen LogP contribution is 2.24. The van der Waals surface area contributed by atoms with Crippen LogP contribution in [0.4, 0.5) is 5.69 Å². The summed E-state index contributed by atoms with van der Waals surface area (Å²) in [4.78, 5) is 23.9. The Kier molecular flexibility index (Phi) is 6.66. The van der Waals surface area contributed by atoms with Crippen LogP contribution in [0.15, 0.2) is 40.9 Å². The molecule has 126 valence electrons. The van der Waals surface area contributed by atoms with Crippen molar-refractivity contribution in [3.05, 3.63) is 62.0 Å².